The highest BCUT2D eigenvalue weighted by molar-refractivity contribution is 5.95. The molecule has 0 saturated heterocycles. The second kappa shape index (κ2) is 8.25. The quantitative estimate of drug-likeness (QED) is 0.483. The van der Waals surface area contributed by atoms with Gasteiger partial charge in [0.25, 0.3) is 17.3 Å². The van der Waals surface area contributed by atoms with Crippen LogP contribution in [0.3, 0.4) is 0 Å². The van der Waals surface area contributed by atoms with E-state index < -0.39 is 27.1 Å². The van der Waals surface area contributed by atoms with E-state index in [9.17, 15) is 25.0 Å². The third-order valence-corrected chi connectivity index (χ3v) is 2.89. The van der Waals surface area contributed by atoms with Gasteiger partial charge in [0.15, 0.2) is 0 Å². The summed E-state index contributed by atoms with van der Waals surface area (Å²) in [6.07, 6.45) is 0.353. The van der Waals surface area contributed by atoms with Gasteiger partial charge in [-0.2, -0.15) is 0 Å². The van der Waals surface area contributed by atoms with Crippen LogP contribution in [0.4, 0.5) is 11.4 Å². The summed E-state index contributed by atoms with van der Waals surface area (Å²) in [5, 5.41) is 24.2. The van der Waals surface area contributed by atoms with Crippen molar-refractivity contribution in [2.45, 2.75) is 19.5 Å². The van der Waals surface area contributed by atoms with Gasteiger partial charge in [0.05, 0.1) is 27.6 Å². The minimum absolute atomic E-state index is 0. The minimum Gasteiger partial charge on any atom is -0.337 e. The summed E-state index contributed by atoms with van der Waals surface area (Å²) in [7, 11) is 3.54. The Morgan fingerprint density at radius 2 is 1.64 bits per heavy atom. The lowest BCUT2D eigenvalue weighted by molar-refractivity contribution is -0.394. The molecule has 1 aromatic rings. The highest BCUT2D eigenvalue weighted by Gasteiger charge is 2.21. The Morgan fingerprint density at radius 1 is 1.18 bits per heavy atom. The third-order valence-electron chi connectivity index (χ3n) is 2.89. The number of benzene rings is 1. The fraction of sp³-hybridized carbons (Fsp3) is 0.417. The molecule has 0 bridgehead atoms. The molecule has 1 N–H and O–H groups in total. The Kier molecular flexibility index (Phi) is 7.40. The van der Waals surface area contributed by atoms with Gasteiger partial charge in [-0.15, -0.1) is 12.4 Å². The van der Waals surface area contributed by atoms with Crippen LogP contribution < -0.4 is 5.32 Å². The van der Waals surface area contributed by atoms with Crippen molar-refractivity contribution >= 4 is 29.7 Å². The molecule has 122 valence electrons. The van der Waals surface area contributed by atoms with E-state index in [2.05, 4.69) is 5.32 Å². The van der Waals surface area contributed by atoms with Crippen molar-refractivity contribution in [3.8, 4) is 0 Å². The van der Waals surface area contributed by atoms with E-state index in [0.717, 1.165) is 18.2 Å². The Labute approximate surface area is 133 Å². The number of halogens is 1. The van der Waals surface area contributed by atoms with E-state index in [1.165, 1.54) is 0 Å². The Morgan fingerprint density at radius 3 is 1.95 bits per heavy atom. The monoisotopic (exact) mass is 332 g/mol. The molecule has 0 fully saturated rings. The molecule has 0 aromatic heterocycles. The molecule has 0 heterocycles. The number of carbonyl (C=O) groups excluding carboxylic acids is 1. The Hall–Kier alpha value is -2.26. The molecular weight excluding hydrogens is 316 g/mol. The molecule has 1 atom stereocenters. The Balaban J connectivity index is 0.00000441. The molecule has 0 aliphatic carbocycles. The van der Waals surface area contributed by atoms with Crippen LogP contribution in [0.25, 0.3) is 0 Å². The number of non-ortho nitro benzene ring substituents is 2. The van der Waals surface area contributed by atoms with E-state index in [-0.39, 0.29) is 24.1 Å². The van der Waals surface area contributed by atoms with Gasteiger partial charge in [0.1, 0.15) is 0 Å². The number of nitrogens with zero attached hydrogens (tertiary/aromatic N) is 3. The fourth-order valence-electron chi connectivity index (χ4n) is 1.77. The van der Waals surface area contributed by atoms with Gasteiger partial charge in [-0.25, -0.2) is 0 Å². The molecule has 0 aliphatic heterocycles. The molecular formula is C12H17ClN4O5. The fourth-order valence-corrected chi connectivity index (χ4v) is 1.77. The number of nitro benzene ring substituents is 2. The van der Waals surface area contributed by atoms with E-state index in [4.69, 9.17) is 0 Å². The van der Waals surface area contributed by atoms with Gasteiger partial charge >= 0.3 is 0 Å². The second-order valence-electron chi connectivity index (χ2n) is 4.61. The summed E-state index contributed by atoms with van der Waals surface area (Å²) in [5.74, 6) is -0.595. The molecule has 1 amide bonds. The van der Waals surface area contributed by atoms with Crippen LogP contribution in [0.2, 0.25) is 0 Å². The first-order chi connectivity index (χ1) is 9.76. The van der Waals surface area contributed by atoms with Crippen LogP contribution in [0.5, 0.6) is 0 Å². The first kappa shape index (κ1) is 19.7. The molecule has 1 unspecified atom stereocenters. The summed E-state index contributed by atoms with van der Waals surface area (Å²) in [5.41, 5.74) is -1.10. The zero-order chi connectivity index (χ0) is 16.2. The zero-order valence-corrected chi connectivity index (χ0v) is 13.1. The SMILES string of the molecule is CCC(NC(=O)c1cc([N+](=O)[O-])cc([N+](=O)[O-])c1)N(C)C.Cl. The molecule has 0 saturated carbocycles. The summed E-state index contributed by atoms with van der Waals surface area (Å²) in [4.78, 5) is 33.9. The number of hydrogen-bond donors (Lipinski definition) is 1. The molecule has 0 radical (unpaired) electrons. The first-order valence-electron chi connectivity index (χ1n) is 6.17. The number of hydrogen-bond acceptors (Lipinski definition) is 6. The average molecular weight is 333 g/mol. The van der Waals surface area contributed by atoms with Gasteiger partial charge in [0.2, 0.25) is 0 Å². The van der Waals surface area contributed by atoms with Gasteiger partial charge in [-0.3, -0.25) is 29.9 Å². The average Bonchev–Trinajstić information content (AvgIpc) is 2.43. The number of carbonyl (C=O) groups is 1. The van der Waals surface area contributed by atoms with Crippen molar-refractivity contribution in [2.24, 2.45) is 0 Å². The number of amides is 1. The van der Waals surface area contributed by atoms with E-state index in [1.54, 1.807) is 19.0 Å². The summed E-state index contributed by atoms with van der Waals surface area (Å²) < 4.78 is 0. The van der Waals surface area contributed by atoms with Gasteiger partial charge in [-0.1, -0.05) is 6.92 Å². The maximum absolute atomic E-state index is 12.1. The van der Waals surface area contributed by atoms with Crippen LogP contribution in [0, 0.1) is 20.2 Å². The van der Waals surface area contributed by atoms with Crippen LogP contribution in [0.1, 0.15) is 23.7 Å². The maximum atomic E-state index is 12.1. The van der Waals surface area contributed by atoms with Crippen molar-refractivity contribution in [1.29, 1.82) is 0 Å². The minimum atomic E-state index is -0.771. The molecule has 10 heteroatoms. The lowest BCUT2D eigenvalue weighted by Crippen LogP contribution is -2.44. The lowest BCUT2D eigenvalue weighted by atomic mass is 10.1. The number of nitrogens with one attached hydrogen (secondary N) is 1. The molecule has 1 aromatic carbocycles. The van der Waals surface area contributed by atoms with Crippen molar-refractivity contribution in [2.75, 3.05) is 14.1 Å². The molecule has 22 heavy (non-hydrogen) atoms. The molecule has 1 rings (SSSR count). The van der Waals surface area contributed by atoms with Gasteiger partial charge < -0.3 is 5.32 Å². The largest absolute Gasteiger partial charge is 0.337 e. The first-order valence-corrected chi connectivity index (χ1v) is 6.17. The van der Waals surface area contributed by atoms with E-state index in [1.807, 2.05) is 6.92 Å². The van der Waals surface area contributed by atoms with Crippen LogP contribution >= 0.6 is 12.4 Å². The number of rotatable bonds is 6. The lowest BCUT2D eigenvalue weighted by Gasteiger charge is -2.23. The summed E-state index contributed by atoms with van der Waals surface area (Å²) in [6, 6.07) is 2.86. The second-order valence-corrected chi connectivity index (χ2v) is 4.61. The third kappa shape index (κ3) is 4.93. The molecule has 9 nitrogen and oxygen atoms in total. The summed E-state index contributed by atoms with van der Waals surface area (Å²) in [6.45, 7) is 1.86. The van der Waals surface area contributed by atoms with Crippen molar-refractivity contribution < 1.29 is 14.6 Å². The predicted octanol–water partition coefficient (Wildman–Crippen LogP) is 1.95. The van der Waals surface area contributed by atoms with Crippen molar-refractivity contribution in [3.63, 3.8) is 0 Å². The van der Waals surface area contributed by atoms with Crippen LogP contribution in [0.15, 0.2) is 18.2 Å². The molecule has 0 spiro atoms. The molecule has 0 aliphatic rings. The van der Waals surface area contributed by atoms with Crippen LogP contribution in [-0.4, -0.2) is 40.9 Å². The van der Waals surface area contributed by atoms with Gasteiger partial charge in [0, 0.05) is 12.1 Å². The predicted molar refractivity (Wildman–Crippen MR) is 82.2 cm³/mol. The van der Waals surface area contributed by atoms with Crippen molar-refractivity contribution in [1.82, 2.24) is 10.2 Å². The normalized spacial score (nSPS) is 11.5. The van der Waals surface area contributed by atoms with Crippen molar-refractivity contribution in [3.05, 3.63) is 44.0 Å². The smallest absolute Gasteiger partial charge is 0.277 e. The topological polar surface area (TPSA) is 119 Å². The highest BCUT2D eigenvalue weighted by Crippen LogP contribution is 2.22. The van der Waals surface area contributed by atoms with Gasteiger partial charge in [-0.05, 0) is 20.5 Å². The zero-order valence-electron chi connectivity index (χ0n) is 12.3. The maximum Gasteiger partial charge on any atom is 0.277 e. The Bertz CT molecular complexity index is 546. The summed E-state index contributed by atoms with van der Waals surface area (Å²) >= 11 is 0. The van der Waals surface area contributed by atoms with Crippen LogP contribution in [-0.2, 0) is 0 Å². The van der Waals surface area contributed by atoms with E-state index >= 15 is 0 Å². The standard InChI is InChI=1S/C12H16N4O5.ClH/c1-4-11(14(2)3)13-12(17)8-5-9(15(18)19)7-10(6-8)16(20)21;/h5-7,11H,4H2,1-3H3,(H,13,17);1H. The highest BCUT2D eigenvalue weighted by atomic mass is 35.5. The van der Waals surface area contributed by atoms with E-state index in [0.29, 0.717) is 6.42 Å². The number of nitro groups is 2.